The average molecular weight is 455 g/mol. The summed E-state index contributed by atoms with van der Waals surface area (Å²) in [6.45, 7) is 6.90. The predicted octanol–water partition coefficient (Wildman–Crippen LogP) is 3.68. The number of thioether (sulfide) groups is 1. The summed E-state index contributed by atoms with van der Waals surface area (Å²) in [5, 5.41) is 1.81. The van der Waals surface area contributed by atoms with Crippen LogP contribution < -0.4 is 10.5 Å². The minimum absolute atomic E-state index is 0.0447. The molecule has 0 bridgehead atoms. The van der Waals surface area contributed by atoms with Crippen molar-refractivity contribution in [3.63, 3.8) is 0 Å². The van der Waals surface area contributed by atoms with Crippen LogP contribution in [0.5, 0.6) is 0 Å². The molecule has 0 aliphatic carbocycles. The number of anilines is 1. The highest BCUT2D eigenvalue weighted by Gasteiger charge is 2.22. The molecule has 2 heterocycles. The van der Waals surface area contributed by atoms with Gasteiger partial charge in [0.1, 0.15) is 0 Å². The van der Waals surface area contributed by atoms with Crippen LogP contribution in [0.4, 0.5) is 5.69 Å². The Morgan fingerprint density at radius 3 is 2.65 bits per heavy atom. The summed E-state index contributed by atoms with van der Waals surface area (Å²) in [4.78, 5) is 34.4. The zero-order valence-electron chi connectivity index (χ0n) is 17.0. The SMILES string of the molecule is C=CCn1c(SCC(=O)N2CCN(c3cccc(Cl)c3)CC2)nc2ccccc2c1=O. The van der Waals surface area contributed by atoms with Gasteiger partial charge >= 0.3 is 0 Å². The summed E-state index contributed by atoms with van der Waals surface area (Å²) in [7, 11) is 0. The van der Waals surface area contributed by atoms with Gasteiger partial charge in [0.25, 0.3) is 5.56 Å². The van der Waals surface area contributed by atoms with Crippen LogP contribution in [0.2, 0.25) is 5.02 Å². The van der Waals surface area contributed by atoms with Gasteiger partial charge in [-0.3, -0.25) is 14.2 Å². The van der Waals surface area contributed by atoms with Gasteiger partial charge in [0.15, 0.2) is 5.16 Å². The van der Waals surface area contributed by atoms with Gasteiger partial charge in [-0.2, -0.15) is 0 Å². The molecule has 0 unspecified atom stereocenters. The molecule has 2 aromatic carbocycles. The minimum atomic E-state index is -0.115. The van der Waals surface area contributed by atoms with Crippen molar-refractivity contribution in [1.82, 2.24) is 14.5 Å². The third-order valence-corrected chi connectivity index (χ3v) is 6.47. The number of amides is 1. The van der Waals surface area contributed by atoms with E-state index in [1.165, 1.54) is 11.8 Å². The maximum atomic E-state index is 12.8. The van der Waals surface area contributed by atoms with Gasteiger partial charge in [-0.1, -0.05) is 47.6 Å². The highest BCUT2D eigenvalue weighted by molar-refractivity contribution is 7.99. The van der Waals surface area contributed by atoms with Crippen LogP contribution in [0.1, 0.15) is 0 Å². The van der Waals surface area contributed by atoms with Crippen LogP contribution >= 0.6 is 23.4 Å². The number of aromatic nitrogens is 2. The van der Waals surface area contributed by atoms with Crippen molar-refractivity contribution >= 4 is 45.9 Å². The summed E-state index contributed by atoms with van der Waals surface area (Å²) in [6.07, 6.45) is 1.67. The molecule has 4 rings (SSSR count). The first kappa shape index (κ1) is 21.5. The van der Waals surface area contributed by atoms with Crippen molar-refractivity contribution in [2.75, 3.05) is 36.8 Å². The Morgan fingerprint density at radius 2 is 1.90 bits per heavy atom. The number of halogens is 1. The van der Waals surface area contributed by atoms with Gasteiger partial charge in [-0.25, -0.2) is 4.98 Å². The standard InChI is InChI=1S/C23H23ClN4O2S/c1-2-10-28-22(30)19-8-3-4-9-20(19)25-23(28)31-16-21(29)27-13-11-26(12-14-27)18-7-5-6-17(24)15-18/h2-9,15H,1,10-14,16H2. The molecule has 0 N–H and O–H groups in total. The van der Waals surface area contributed by atoms with Gasteiger partial charge in [0.2, 0.25) is 5.91 Å². The summed E-state index contributed by atoms with van der Waals surface area (Å²) in [6, 6.07) is 15.0. The molecule has 31 heavy (non-hydrogen) atoms. The van der Waals surface area contributed by atoms with Crippen molar-refractivity contribution in [3.05, 3.63) is 76.6 Å². The van der Waals surface area contributed by atoms with Crippen molar-refractivity contribution in [3.8, 4) is 0 Å². The van der Waals surface area contributed by atoms with E-state index < -0.39 is 0 Å². The number of benzene rings is 2. The molecule has 0 atom stereocenters. The second-order valence-electron chi connectivity index (χ2n) is 7.25. The number of nitrogens with zero attached hydrogens (tertiary/aromatic N) is 4. The molecule has 1 aliphatic rings. The number of rotatable bonds is 6. The molecular weight excluding hydrogens is 432 g/mol. The molecular formula is C23H23ClN4O2S. The number of allylic oxidation sites excluding steroid dienone is 1. The maximum absolute atomic E-state index is 12.8. The van der Waals surface area contributed by atoms with Crippen LogP contribution in [0, 0.1) is 0 Å². The van der Waals surface area contributed by atoms with Crippen LogP contribution in [0.25, 0.3) is 10.9 Å². The van der Waals surface area contributed by atoms with E-state index >= 15 is 0 Å². The second-order valence-corrected chi connectivity index (χ2v) is 8.63. The third kappa shape index (κ3) is 4.78. The van der Waals surface area contributed by atoms with E-state index in [1.54, 1.807) is 16.7 Å². The molecule has 6 nitrogen and oxygen atoms in total. The van der Waals surface area contributed by atoms with Crippen LogP contribution in [0.3, 0.4) is 0 Å². The number of hydrogen-bond donors (Lipinski definition) is 0. The van der Waals surface area contributed by atoms with Gasteiger partial charge in [-0.15, -0.1) is 6.58 Å². The largest absolute Gasteiger partial charge is 0.368 e. The predicted molar refractivity (Wildman–Crippen MR) is 127 cm³/mol. The summed E-state index contributed by atoms with van der Waals surface area (Å²) in [5.74, 6) is 0.280. The number of fused-ring (bicyclic) bond motifs is 1. The fourth-order valence-electron chi connectivity index (χ4n) is 3.65. The van der Waals surface area contributed by atoms with Crippen molar-refractivity contribution in [2.24, 2.45) is 0 Å². The van der Waals surface area contributed by atoms with Crippen molar-refractivity contribution in [2.45, 2.75) is 11.7 Å². The molecule has 1 amide bonds. The molecule has 1 aromatic heterocycles. The number of para-hydroxylation sites is 1. The summed E-state index contributed by atoms with van der Waals surface area (Å²) >= 11 is 7.39. The average Bonchev–Trinajstić information content (AvgIpc) is 2.80. The highest BCUT2D eigenvalue weighted by Crippen LogP contribution is 2.22. The van der Waals surface area contributed by atoms with E-state index in [0.717, 1.165) is 18.8 Å². The molecule has 1 aliphatic heterocycles. The van der Waals surface area contributed by atoms with E-state index in [0.29, 0.717) is 40.7 Å². The number of piperazine rings is 1. The third-order valence-electron chi connectivity index (χ3n) is 5.27. The van der Waals surface area contributed by atoms with Crippen LogP contribution in [-0.4, -0.2) is 52.3 Å². The lowest BCUT2D eigenvalue weighted by molar-refractivity contribution is -0.128. The van der Waals surface area contributed by atoms with Crippen molar-refractivity contribution < 1.29 is 4.79 Å². The molecule has 0 saturated carbocycles. The van der Waals surface area contributed by atoms with Gasteiger partial charge in [-0.05, 0) is 30.3 Å². The van der Waals surface area contributed by atoms with Crippen LogP contribution in [-0.2, 0) is 11.3 Å². The highest BCUT2D eigenvalue weighted by atomic mass is 35.5. The monoisotopic (exact) mass is 454 g/mol. The molecule has 0 radical (unpaired) electrons. The lowest BCUT2D eigenvalue weighted by Gasteiger charge is -2.36. The normalized spacial score (nSPS) is 14.1. The molecule has 8 heteroatoms. The fraction of sp³-hybridized carbons (Fsp3) is 0.261. The lowest BCUT2D eigenvalue weighted by Crippen LogP contribution is -2.49. The van der Waals surface area contributed by atoms with E-state index in [9.17, 15) is 9.59 Å². The number of carbonyl (C=O) groups is 1. The van der Waals surface area contributed by atoms with E-state index in [4.69, 9.17) is 11.6 Å². The van der Waals surface area contributed by atoms with Gasteiger partial charge in [0, 0.05) is 43.4 Å². The van der Waals surface area contributed by atoms with Crippen molar-refractivity contribution in [1.29, 1.82) is 0 Å². The first-order chi connectivity index (χ1) is 15.1. The summed E-state index contributed by atoms with van der Waals surface area (Å²) < 4.78 is 1.57. The van der Waals surface area contributed by atoms with Gasteiger partial charge < -0.3 is 9.80 Å². The number of carbonyl (C=O) groups excluding carboxylic acids is 1. The Kier molecular flexibility index (Phi) is 6.63. The Balaban J connectivity index is 1.42. The second kappa shape index (κ2) is 9.58. The fourth-order valence-corrected chi connectivity index (χ4v) is 4.75. The molecule has 3 aromatic rings. The zero-order valence-corrected chi connectivity index (χ0v) is 18.6. The maximum Gasteiger partial charge on any atom is 0.262 e. The Labute approximate surface area is 190 Å². The topological polar surface area (TPSA) is 58.4 Å². The molecule has 160 valence electrons. The number of hydrogen-bond acceptors (Lipinski definition) is 5. The Morgan fingerprint density at radius 1 is 1.13 bits per heavy atom. The minimum Gasteiger partial charge on any atom is -0.368 e. The quantitative estimate of drug-likeness (QED) is 0.323. The first-order valence-corrected chi connectivity index (χ1v) is 11.4. The Hall–Kier alpha value is -2.77. The molecule has 1 saturated heterocycles. The van der Waals surface area contributed by atoms with Crippen LogP contribution in [0.15, 0.2) is 71.1 Å². The summed E-state index contributed by atoms with van der Waals surface area (Å²) in [5.41, 5.74) is 1.59. The van der Waals surface area contributed by atoms with E-state index in [1.807, 2.05) is 47.4 Å². The molecule has 0 spiro atoms. The smallest absolute Gasteiger partial charge is 0.262 e. The Bertz CT molecular complexity index is 1170. The molecule has 1 fully saturated rings. The lowest BCUT2D eigenvalue weighted by atomic mass is 10.2. The van der Waals surface area contributed by atoms with E-state index in [-0.39, 0.29) is 17.2 Å². The first-order valence-electron chi connectivity index (χ1n) is 10.1. The van der Waals surface area contributed by atoms with E-state index in [2.05, 4.69) is 16.5 Å². The zero-order chi connectivity index (χ0) is 21.8. The van der Waals surface area contributed by atoms with Gasteiger partial charge in [0.05, 0.1) is 16.7 Å².